The Morgan fingerprint density at radius 2 is 1.90 bits per heavy atom. The summed E-state index contributed by atoms with van der Waals surface area (Å²) in [4.78, 5) is 10.9. The van der Waals surface area contributed by atoms with E-state index in [9.17, 15) is 0 Å². The third kappa shape index (κ3) is 3.24. The van der Waals surface area contributed by atoms with Crippen molar-refractivity contribution in [1.82, 2.24) is 15.3 Å². The Hall–Kier alpha value is -2.14. The van der Waals surface area contributed by atoms with Gasteiger partial charge < -0.3 is 15.0 Å². The van der Waals surface area contributed by atoms with Crippen molar-refractivity contribution in [2.24, 2.45) is 0 Å². The van der Waals surface area contributed by atoms with Crippen LogP contribution in [0.2, 0.25) is 0 Å². The molecule has 20 heavy (non-hydrogen) atoms. The molecule has 1 fully saturated rings. The Kier molecular flexibility index (Phi) is 4.08. The Morgan fingerprint density at radius 1 is 1.10 bits per heavy atom. The summed E-state index contributed by atoms with van der Waals surface area (Å²) in [5, 5.41) is 3.33. The minimum Gasteiger partial charge on any atom is -0.459 e. The first-order chi connectivity index (χ1) is 9.92. The van der Waals surface area contributed by atoms with Gasteiger partial charge in [-0.05, 0) is 11.6 Å². The fourth-order valence-electron chi connectivity index (χ4n) is 2.19. The number of ether oxygens (including phenoxy) is 1. The highest BCUT2D eigenvalue weighted by Crippen LogP contribution is 2.14. The quantitative estimate of drug-likeness (QED) is 0.911. The summed E-state index contributed by atoms with van der Waals surface area (Å²) in [6.45, 7) is 4.41. The molecular formula is C15H18N4O. The molecule has 5 heteroatoms. The molecule has 1 aromatic heterocycles. The van der Waals surface area contributed by atoms with Gasteiger partial charge in [0, 0.05) is 32.4 Å². The van der Waals surface area contributed by atoms with E-state index in [1.807, 2.05) is 36.4 Å². The third-order valence-corrected chi connectivity index (χ3v) is 3.27. The fraction of sp³-hybridized carbons (Fsp3) is 0.333. The average molecular weight is 270 g/mol. The first-order valence-corrected chi connectivity index (χ1v) is 6.87. The molecule has 1 aliphatic heterocycles. The molecule has 1 aliphatic rings. The third-order valence-electron chi connectivity index (χ3n) is 3.27. The van der Waals surface area contributed by atoms with Crippen molar-refractivity contribution in [2.45, 2.75) is 6.61 Å². The van der Waals surface area contributed by atoms with Crippen LogP contribution >= 0.6 is 0 Å². The number of piperazine rings is 1. The first kappa shape index (κ1) is 12.9. The number of aromatic nitrogens is 2. The van der Waals surface area contributed by atoms with Crippen LogP contribution in [-0.4, -0.2) is 36.1 Å². The minimum atomic E-state index is 0.435. The summed E-state index contributed by atoms with van der Waals surface area (Å²) in [5.41, 5.74) is 1.11. The van der Waals surface area contributed by atoms with Gasteiger partial charge in [-0.2, -0.15) is 4.98 Å². The Labute approximate surface area is 118 Å². The molecular weight excluding hydrogens is 252 g/mol. The Morgan fingerprint density at radius 3 is 2.70 bits per heavy atom. The number of hydrogen-bond donors (Lipinski definition) is 1. The summed E-state index contributed by atoms with van der Waals surface area (Å²) < 4.78 is 5.66. The highest BCUT2D eigenvalue weighted by Gasteiger charge is 2.12. The lowest BCUT2D eigenvalue weighted by Gasteiger charge is -2.28. The van der Waals surface area contributed by atoms with Crippen LogP contribution in [0.1, 0.15) is 5.56 Å². The van der Waals surface area contributed by atoms with Gasteiger partial charge in [-0.1, -0.05) is 30.3 Å². The van der Waals surface area contributed by atoms with Crippen LogP contribution in [0.25, 0.3) is 0 Å². The maximum absolute atomic E-state index is 5.66. The summed E-state index contributed by atoms with van der Waals surface area (Å²) >= 11 is 0. The average Bonchev–Trinajstić information content (AvgIpc) is 2.55. The van der Waals surface area contributed by atoms with Crippen molar-refractivity contribution in [3.63, 3.8) is 0 Å². The first-order valence-electron chi connectivity index (χ1n) is 6.87. The number of benzene rings is 1. The zero-order valence-corrected chi connectivity index (χ0v) is 11.3. The van der Waals surface area contributed by atoms with Gasteiger partial charge in [0.1, 0.15) is 12.4 Å². The summed E-state index contributed by atoms with van der Waals surface area (Å²) in [6, 6.07) is 12.4. The molecule has 1 saturated heterocycles. The molecule has 104 valence electrons. The van der Waals surface area contributed by atoms with Crippen molar-refractivity contribution in [3.05, 3.63) is 48.2 Å². The lowest BCUT2D eigenvalue weighted by atomic mass is 10.2. The molecule has 0 spiro atoms. The van der Waals surface area contributed by atoms with Crippen LogP contribution in [0, 0.1) is 0 Å². The van der Waals surface area contributed by atoms with E-state index in [2.05, 4.69) is 20.2 Å². The van der Waals surface area contributed by atoms with Gasteiger partial charge in [0.05, 0.1) is 0 Å². The maximum atomic E-state index is 5.66. The van der Waals surface area contributed by atoms with Crippen LogP contribution < -0.4 is 15.0 Å². The van der Waals surface area contributed by atoms with Crippen molar-refractivity contribution in [3.8, 4) is 6.01 Å². The van der Waals surface area contributed by atoms with E-state index < -0.39 is 0 Å². The normalized spacial score (nSPS) is 15.1. The molecule has 1 N–H and O–H groups in total. The zero-order valence-electron chi connectivity index (χ0n) is 11.3. The van der Waals surface area contributed by atoms with Gasteiger partial charge in [-0.15, -0.1) is 0 Å². The number of anilines is 1. The van der Waals surface area contributed by atoms with Gasteiger partial charge in [0.2, 0.25) is 0 Å². The van der Waals surface area contributed by atoms with E-state index in [-0.39, 0.29) is 0 Å². The SMILES string of the molecule is c1ccc(COc2nccc(N3CCNCC3)n2)cc1. The molecule has 0 aliphatic carbocycles. The number of hydrogen-bond acceptors (Lipinski definition) is 5. The van der Waals surface area contributed by atoms with Gasteiger partial charge in [0.15, 0.2) is 0 Å². The number of rotatable bonds is 4. The smallest absolute Gasteiger partial charge is 0.318 e. The molecule has 0 atom stereocenters. The molecule has 0 amide bonds. The predicted molar refractivity (Wildman–Crippen MR) is 77.9 cm³/mol. The highest BCUT2D eigenvalue weighted by atomic mass is 16.5. The molecule has 0 radical (unpaired) electrons. The van der Waals surface area contributed by atoms with E-state index in [0.717, 1.165) is 37.6 Å². The van der Waals surface area contributed by atoms with Crippen molar-refractivity contribution in [2.75, 3.05) is 31.1 Å². The van der Waals surface area contributed by atoms with Crippen LogP contribution in [0.15, 0.2) is 42.6 Å². The van der Waals surface area contributed by atoms with Crippen LogP contribution in [0.5, 0.6) is 6.01 Å². The Balaban J connectivity index is 1.65. The van der Waals surface area contributed by atoms with Crippen molar-refractivity contribution < 1.29 is 4.74 Å². The molecule has 2 heterocycles. The molecule has 2 aromatic rings. The summed E-state index contributed by atoms with van der Waals surface area (Å²) in [5.74, 6) is 0.935. The lowest BCUT2D eigenvalue weighted by Crippen LogP contribution is -2.43. The van der Waals surface area contributed by atoms with E-state index in [0.29, 0.717) is 12.6 Å². The van der Waals surface area contributed by atoms with Gasteiger partial charge in [0.25, 0.3) is 0 Å². The molecule has 0 bridgehead atoms. The topological polar surface area (TPSA) is 50.3 Å². The zero-order chi connectivity index (χ0) is 13.6. The molecule has 5 nitrogen and oxygen atoms in total. The largest absolute Gasteiger partial charge is 0.459 e. The number of nitrogens with zero attached hydrogens (tertiary/aromatic N) is 3. The van der Waals surface area contributed by atoms with Gasteiger partial charge in [-0.25, -0.2) is 4.98 Å². The Bertz CT molecular complexity index is 541. The van der Waals surface area contributed by atoms with Crippen molar-refractivity contribution in [1.29, 1.82) is 0 Å². The summed E-state index contributed by atoms with van der Waals surface area (Å²) in [6.07, 6.45) is 1.75. The second kappa shape index (κ2) is 6.34. The standard InChI is InChI=1S/C15H18N4O/c1-2-4-13(5-3-1)12-20-15-17-7-6-14(18-15)19-10-8-16-9-11-19/h1-7,16H,8-12H2. The fourth-order valence-corrected chi connectivity index (χ4v) is 2.19. The van der Waals surface area contributed by atoms with E-state index in [4.69, 9.17) is 4.74 Å². The van der Waals surface area contributed by atoms with Crippen LogP contribution in [-0.2, 0) is 6.61 Å². The van der Waals surface area contributed by atoms with Gasteiger partial charge in [-0.3, -0.25) is 0 Å². The molecule has 0 saturated carbocycles. The second-order valence-corrected chi connectivity index (χ2v) is 4.71. The molecule has 1 aromatic carbocycles. The highest BCUT2D eigenvalue weighted by molar-refractivity contribution is 5.38. The molecule has 3 rings (SSSR count). The summed E-state index contributed by atoms with van der Waals surface area (Å²) in [7, 11) is 0. The van der Waals surface area contributed by atoms with Crippen LogP contribution in [0.3, 0.4) is 0 Å². The lowest BCUT2D eigenvalue weighted by molar-refractivity contribution is 0.280. The van der Waals surface area contributed by atoms with E-state index >= 15 is 0 Å². The maximum Gasteiger partial charge on any atom is 0.318 e. The monoisotopic (exact) mass is 270 g/mol. The molecule has 0 unspecified atom stereocenters. The predicted octanol–water partition coefficient (Wildman–Crippen LogP) is 1.47. The van der Waals surface area contributed by atoms with E-state index in [1.165, 1.54) is 0 Å². The minimum absolute atomic E-state index is 0.435. The van der Waals surface area contributed by atoms with Crippen LogP contribution in [0.4, 0.5) is 5.82 Å². The number of nitrogens with one attached hydrogen (secondary N) is 1. The van der Waals surface area contributed by atoms with Gasteiger partial charge >= 0.3 is 6.01 Å². The van der Waals surface area contributed by atoms with E-state index in [1.54, 1.807) is 6.20 Å². The van der Waals surface area contributed by atoms with Crippen molar-refractivity contribution >= 4 is 5.82 Å². The second-order valence-electron chi connectivity index (χ2n) is 4.71.